The Bertz CT molecular complexity index is 870. The summed E-state index contributed by atoms with van der Waals surface area (Å²) in [5, 5.41) is 2.89. The summed E-state index contributed by atoms with van der Waals surface area (Å²) in [4.78, 5) is 12.2. The van der Waals surface area contributed by atoms with Gasteiger partial charge >= 0.3 is 0 Å². The molecule has 26 heavy (non-hydrogen) atoms. The van der Waals surface area contributed by atoms with E-state index in [1.807, 2.05) is 60.7 Å². The average Bonchev–Trinajstić information content (AvgIpc) is 2.68. The number of carbonyl (C=O) groups excluding carboxylic acids is 1. The van der Waals surface area contributed by atoms with Crippen LogP contribution in [0.15, 0.2) is 72.8 Å². The van der Waals surface area contributed by atoms with Crippen LogP contribution >= 0.6 is 0 Å². The first-order valence-electron chi connectivity index (χ1n) is 8.77. The van der Waals surface area contributed by atoms with Crippen molar-refractivity contribution in [3.05, 3.63) is 89.5 Å². The van der Waals surface area contributed by atoms with Gasteiger partial charge in [0, 0.05) is 5.56 Å². The van der Waals surface area contributed by atoms with Gasteiger partial charge in [-0.1, -0.05) is 48.5 Å². The Morgan fingerprint density at radius 3 is 2.23 bits per heavy atom. The summed E-state index contributed by atoms with van der Waals surface area (Å²) in [6.45, 7) is 5.04. The van der Waals surface area contributed by atoms with Crippen molar-refractivity contribution in [2.75, 3.05) is 13.2 Å². The van der Waals surface area contributed by atoms with Crippen LogP contribution in [0.2, 0.25) is 0 Å². The first-order valence-corrected chi connectivity index (χ1v) is 8.77. The highest BCUT2D eigenvalue weighted by atomic mass is 16.5. The standard InChI is InChI=1S/C23H23NO2/c1-17-8-13-22(16-18(17)2)26-15-14-24-23(25)21-11-9-20(10-12-21)19-6-4-3-5-7-19/h3-13,16H,14-15H2,1-2H3,(H,24,25). The quantitative estimate of drug-likeness (QED) is 0.653. The third-order valence-electron chi connectivity index (χ3n) is 4.39. The van der Waals surface area contributed by atoms with E-state index in [9.17, 15) is 4.79 Å². The molecule has 3 rings (SSSR count). The maximum atomic E-state index is 12.2. The number of hydrogen-bond acceptors (Lipinski definition) is 2. The molecule has 0 saturated carbocycles. The van der Waals surface area contributed by atoms with Gasteiger partial charge in [-0.15, -0.1) is 0 Å². The van der Waals surface area contributed by atoms with Gasteiger partial charge in [-0.2, -0.15) is 0 Å². The zero-order valence-corrected chi connectivity index (χ0v) is 15.2. The van der Waals surface area contributed by atoms with E-state index in [4.69, 9.17) is 4.74 Å². The molecule has 0 aliphatic rings. The third-order valence-corrected chi connectivity index (χ3v) is 4.39. The average molecular weight is 345 g/mol. The molecule has 0 fully saturated rings. The molecular formula is C23H23NO2. The van der Waals surface area contributed by atoms with Crippen molar-refractivity contribution in [2.45, 2.75) is 13.8 Å². The maximum Gasteiger partial charge on any atom is 0.251 e. The molecule has 3 aromatic rings. The minimum atomic E-state index is -0.0895. The maximum absolute atomic E-state index is 12.2. The molecule has 0 radical (unpaired) electrons. The molecular weight excluding hydrogens is 322 g/mol. The molecule has 132 valence electrons. The van der Waals surface area contributed by atoms with E-state index in [-0.39, 0.29) is 5.91 Å². The van der Waals surface area contributed by atoms with Crippen LogP contribution in [0, 0.1) is 13.8 Å². The normalized spacial score (nSPS) is 10.4. The zero-order chi connectivity index (χ0) is 18.4. The van der Waals surface area contributed by atoms with Crippen LogP contribution in [0.1, 0.15) is 21.5 Å². The van der Waals surface area contributed by atoms with E-state index in [0.29, 0.717) is 18.7 Å². The van der Waals surface area contributed by atoms with Crippen molar-refractivity contribution in [1.29, 1.82) is 0 Å². The molecule has 0 saturated heterocycles. The van der Waals surface area contributed by atoms with Gasteiger partial charge in [-0.3, -0.25) is 4.79 Å². The lowest BCUT2D eigenvalue weighted by atomic mass is 10.0. The van der Waals surface area contributed by atoms with E-state index in [1.165, 1.54) is 11.1 Å². The summed E-state index contributed by atoms with van der Waals surface area (Å²) in [7, 11) is 0. The Kier molecular flexibility index (Phi) is 5.69. The molecule has 3 nitrogen and oxygen atoms in total. The lowest BCUT2D eigenvalue weighted by molar-refractivity contribution is 0.0947. The van der Waals surface area contributed by atoms with E-state index in [0.717, 1.165) is 16.9 Å². The van der Waals surface area contributed by atoms with Crippen molar-refractivity contribution in [3.63, 3.8) is 0 Å². The number of rotatable bonds is 6. The topological polar surface area (TPSA) is 38.3 Å². The van der Waals surface area contributed by atoms with Gasteiger partial charge in [0.15, 0.2) is 0 Å². The highest BCUT2D eigenvalue weighted by Crippen LogP contribution is 2.19. The summed E-state index contributed by atoms with van der Waals surface area (Å²) in [6.07, 6.45) is 0. The van der Waals surface area contributed by atoms with Gasteiger partial charge in [0.2, 0.25) is 0 Å². The Morgan fingerprint density at radius 1 is 0.846 bits per heavy atom. The van der Waals surface area contributed by atoms with Crippen LogP contribution < -0.4 is 10.1 Å². The molecule has 0 spiro atoms. The Balaban J connectivity index is 1.49. The molecule has 0 aliphatic carbocycles. The van der Waals surface area contributed by atoms with Crippen LogP contribution in [-0.4, -0.2) is 19.1 Å². The third kappa shape index (κ3) is 4.51. The molecule has 1 N–H and O–H groups in total. The van der Waals surface area contributed by atoms with E-state index in [2.05, 4.69) is 31.3 Å². The van der Waals surface area contributed by atoms with Gasteiger partial charge in [-0.05, 0) is 60.4 Å². The summed E-state index contributed by atoms with van der Waals surface area (Å²) in [5.74, 6) is 0.739. The first-order chi connectivity index (χ1) is 12.6. The lowest BCUT2D eigenvalue weighted by Gasteiger charge is -2.10. The van der Waals surface area contributed by atoms with Crippen molar-refractivity contribution in [1.82, 2.24) is 5.32 Å². The zero-order valence-electron chi connectivity index (χ0n) is 15.2. The van der Waals surface area contributed by atoms with Crippen LogP contribution in [0.25, 0.3) is 11.1 Å². The summed E-state index contributed by atoms with van der Waals surface area (Å²) in [5.41, 5.74) is 5.33. The van der Waals surface area contributed by atoms with Gasteiger partial charge in [0.1, 0.15) is 12.4 Å². The van der Waals surface area contributed by atoms with Crippen LogP contribution in [0.3, 0.4) is 0 Å². The number of hydrogen-bond donors (Lipinski definition) is 1. The molecule has 0 unspecified atom stereocenters. The second kappa shape index (κ2) is 8.34. The number of aryl methyl sites for hydroxylation is 2. The van der Waals surface area contributed by atoms with E-state index in [1.54, 1.807) is 0 Å². The van der Waals surface area contributed by atoms with Crippen LogP contribution in [0.4, 0.5) is 0 Å². The molecule has 0 aromatic heterocycles. The first kappa shape index (κ1) is 17.7. The molecule has 0 heterocycles. The van der Waals surface area contributed by atoms with Crippen LogP contribution in [-0.2, 0) is 0 Å². The largest absolute Gasteiger partial charge is 0.492 e. The van der Waals surface area contributed by atoms with Crippen LogP contribution in [0.5, 0.6) is 5.75 Å². The second-order valence-corrected chi connectivity index (χ2v) is 6.29. The van der Waals surface area contributed by atoms with Gasteiger partial charge < -0.3 is 10.1 Å². The van der Waals surface area contributed by atoms with Gasteiger partial charge in [-0.25, -0.2) is 0 Å². The Labute approximate surface area is 154 Å². The Hall–Kier alpha value is -3.07. The fourth-order valence-corrected chi connectivity index (χ4v) is 2.68. The molecule has 0 aliphatic heterocycles. The van der Waals surface area contributed by atoms with Crippen molar-refractivity contribution in [3.8, 4) is 16.9 Å². The number of nitrogens with one attached hydrogen (secondary N) is 1. The number of benzene rings is 3. The molecule has 3 heteroatoms. The highest BCUT2D eigenvalue weighted by molar-refractivity contribution is 5.94. The highest BCUT2D eigenvalue weighted by Gasteiger charge is 2.06. The Morgan fingerprint density at radius 2 is 1.54 bits per heavy atom. The van der Waals surface area contributed by atoms with E-state index >= 15 is 0 Å². The van der Waals surface area contributed by atoms with Gasteiger partial charge in [0.25, 0.3) is 5.91 Å². The predicted molar refractivity (Wildman–Crippen MR) is 106 cm³/mol. The molecule has 0 bridgehead atoms. The van der Waals surface area contributed by atoms with Gasteiger partial charge in [0.05, 0.1) is 6.54 Å². The minimum absolute atomic E-state index is 0.0895. The fourth-order valence-electron chi connectivity index (χ4n) is 2.68. The monoisotopic (exact) mass is 345 g/mol. The molecule has 0 atom stereocenters. The van der Waals surface area contributed by atoms with E-state index < -0.39 is 0 Å². The van der Waals surface area contributed by atoms with Crippen molar-refractivity contribution < 1.29 is 9.53 Å². The van der Waals surface area contributed by atoms with Crippen molar-refractivity contribution >= 4 is 5.91 Å². The summed E-state index contributed by atoms with van der Waals surface area (Å²) in [6, 6.07) is 23.7. The number of ether oxygens (including phenoxy) is 1. The minimum Gasteiger partial charge on any atom is -0.492 e. The smallest absolute Gasteiger partial charge is 0.251 e. The lowest BCUT2D eigenvalue weighted by Crippen LogP contribution is -2.28. The number of carbonyl (C=O) groups is 1. The molecule has 1 amide bonds. The predicted octanol–water partition coefficient (Wildman–Crippen LogP) is 4.78. The summed E-state index contributed by atoms with van der Waals surface area (Å²) >= 11 is 0. The second-order valence-electron chi connectivity index (χ2n) is 6.29. The summed E-state index contributed by atoms with van der Waals surface area (Å²) < 4.78 is 5.69. The fraction of sp³-hybridized carbons (Fsp3) is 0.174. The number of amides is 1. The SMILES string of the molecule is Cc1ccc(OCCNC(=O)c2ccc(-c3ccccc3)cc2)cc1C. The molecule has 3 aromatic carbocycles. The van der Waals surface area contributed by atoms with Crippen molar-refractivity contribution in [2.24, 2.45) is 0 Å².